The summed E-state index contributed by atoms with van der Waals surface area (Å²) in [6.07, 6.45) is 4.74. The van der Waals surface area contributed by atoms with Gasteiger partial charge in [-0.1, -0.05) is 0 Å². The van der Waals surface area contributed by atoms with Crippen molar-refractivity contribution in [2.24, 2.45) is 0 Å². The van der Waals surface area contributed by atoms with Gasteiger partial charge in [0.2, 0.25) is 0 Å². The maximum absolute atomic E-state index is 12.2. The second-order valence-corrected chi connectivity index (χ2v) is 10.6. The lowest BCUT2D eigenvalue weighted by atomic mass is 9.89. The molecule has 2 aliphatic carbocycles. The van der Waals surface area contributed by atoms with Crippen molar-refractivity contribution in [3.63, 3.8) is 0 Å². The van der Waals surface area contributed by atoms with E-state index in [4.69, 9.17) is 14.2 Å². The number of nitrogens with one attached hydrogen (secondary N) is 2. The van der Waals surface area contributed by atoms with Gasteiger partial charge in [-0.3, -0.25) is 4.79 Å². The predicted molar refractivity (Wildman–Crippen MR) is 140 cm³/mol. The Balaban J connectivity index is 1.32. The molecule has 5 rings (SSSR count). The molecular weight excluding hydrogens is 472 g/mol. The monoisotopic (exact) mass is 504 g/mol. The number of ether oxygens (including phenoxy) is 3. The smallest absolute Gasteiger partial charge is 0.407 e. The van der Waals surface area contributed by atoms with Gasteiger partial charge in [0, 0.05) is 48.0 Å². The molecular formula is C28H32N4O5. The molecule has 9 heteroatoms. The Labute approximate surface area is 215 Å². The van der Waals surface area contributed by atoms with Crippen LogP contribution < -0.4 is 20.1 Å². The van der Waals surface area contributed by atoms with Crippen molar-refractivity contribution in [2.45, 2.75) is 70.6 Å². The SMILES string of the molecule is COc1cc2ncnc(Nc3ccc4c(c3)CCCC4=O)c2cc1OC1CC(NC(=O)OC(C)(C)C)C1. The molecule has 0 aliphatic heterocycles. The van der Waals surface area contributed by atoms with Crippen LogP contribution in [0.3, 0.4) is 0 Å². The molecule has 0 atom stereocenters. The molecule has 0 radical (unpaired) electrons. The van der Waals surface area contributed by atoms with Gasteiger partial charge in [-0.05, 0) is 63.4 Å². The highest BCUT2D eigenvalue weighted by atomic mass is 16.6. The average molecular weight is 505 g/mol. The highest BCUT2D eigenvalue weighted by Crippen LogP contribution is 2.38. The summed E-state index contributed by atoms with van der Waals surface area (Å²) >= 11 is 0. The number of hydrogen-bond acceptors (Lipinski definition) is 8. The number of ketones is 1. The number of anilines is 2. The minimum Gasteiger partial charge on any atom is -0.493 e. The largest absolute Gasteiger partial charge is 0.493 e. The molecule has 3 aromatic rings. The van der Waals surface area contributed by atoms with Gasteiger partial charge in [0.15, 0.2) is 17.3 Å². The number of aryl methyl sites for hydroxylation is 1. The van der Waals surface area contributed by atoms with Crippen LogP contribution in [-0.2, 0) is 11.2 Å². The summed E-state index contributed by atoms with van der Waals surface area (Å²) in [5.41, 5.74) is 2.91. The molecule has 0 bridgehead atoms. The predicted octanol–water partition coefficient (Wildman–Crippen LogP) is 5.34. The fourth-order valence-electron chi connectivity index (χ4n) is 4.71. The number of amides is 1. The topological polar surface area (TPSA) is 112 Å². The Morgan fingerprint density at radius 1 is 1.05 bits per heavy atom. The van der Waals surface area contributed by atoms with Gasteiger partial charge in [-0.25, -0.2) is 14.8 Å². The Morgan fingerprint density at radius 2 is 1.86 bits per heavy atom. The molecule has 37 heavy (non-hydrogen) atoms. The molecule has 1 heterocycles. The third-order valence-corrected chi connectivity index (χ3v) is 6.55. The fraction of sp³-hybridized carbons (Fsp3) is 0.429. The van der Waals surface area contributed by atoms with E-state index in [2.05, 4.69) is 20.6 Å². The highest BCUT2D eigenvalue weighted by Gasteiger charge is 2.34. The quantitative estimate of drug-likeness (QED) is 0.463. The Bertz CT molecular complexity index is 1340. The second-order valence-electron chi connectivity index (χ2n) is 10.6. The summed E-state index contributed by atoms with van der Waals surface area (Å²) in [6.45, 7) is 5.51. The van der Waals surface area contributed by atoms with Crippen molar-refractivity contribution >= 4 is 34.3 Å². The lowest BCUT2D eigenvalue weighted by Crippen LogP contribution is -2.50. The van der Waals surface area contributed by atoms with Crippen LogP contribution in [0, 0.1) is 0 Å². The van der Waals surface area contributed by atoms with Crippen molar-refractivity contribution in [3.05, 3.63) is 47.8 Å². The van der Waals surface area contributed by atoms with Crippen molar-refractivity contribution in [1.29, 1.82) is 0 Å². The lowest BCUT2D eigenvalue weighted by Gasteiger charge is -2.36. The number of nitrogens with zero attached hydrogens (tertiary/aromatic N) is 2. The van der Waals surface area contributed by atoms with Gasteiger partial charge in [0.05, 0.1) is 12.6 Å². The van der Waals surface area contributed by atoms with Gasteiger partial charge in [-0.2, -0.15) is 0 Å². The zero-order valence-electron chi connectivity index (χ0n) is 21.6. The number of methoxy groups -OCH3 is 1. The van der Waals surface area contributed by atoms with E-state index in [1.165, 1.54) is 6.33 Å². The fourth-order valence-corrected chi connectivity index (χ4v) is 4.71. The zero-order valence-corrected chi connectivity index (χ0v) is 21.6. The summed E-state index contributed by atoms with van der Waals surface area (Å²) in [5.74, 6) is 2.00. The summed E-state index contributed by atoms with van der Waals surface area (Å²) in [7, 11) is 1.59. The van der Waals surface area contributed by atoms with Gasteiger partial charge >= 0.3 is 6.09 Å². The third-order valence-electron chi connectivity index (χ3n) is 6.55. The summed E-state index contributed by atoms with van der Waals surface area (Å²) in [6, 6.07) is 9.53. The first-order valence-electron chi connectivity index (χ1n) is 12.6. The molecule has 2 aromatic carbocycles. The van der Waals surface area contributed by atoms with Crippen LogP contribution in [0.1, 0.15) is 62.4 Å². The molecule has 2 aliphatic rings. The molecule has 1 amide bonds. The Morgan fingerprint density at radius 3 is 2.62 bits per heavy atom. The number of alkyl carbamates (subject to hydrolysis) is 1. The lowest BCUT2D eigenvalue weighted by molar-refractivity contribution is 0.0358. The number of hydrogen-bond donors (Lipinski definition) is 2. The number of benzene rings is 2. The van der Waals surface area contributed by atoms with Crippen molar-refractivity contribution < 1.29 is 23.8 Å². The molecule has 1 aromatic heterocycles. The summed E-state index contributed by atoms with van der Waals surface area (Å²) in [5, 5.41) is 7.06. The van der Waals surface area contributed by atoms with Crippen LogP contribution in [0.15, 0.2) is 36.7 Å². The van der Waals surface area contributed by atoms with E-state index >= 15 is 0 Å². The zero-order chi connectivity index (χ0) is 26.2. The molecule has 1 fully saturated rings. The van der Waals surface area contributed by atoms with Gasteiger partial charge in [0.1, 0.15) is 23.9 Å². The number of carbonyl (C=O) groups excluding carboxylic acids is 2. The van der Waals surface area contributed by atoms with E-state index in [9.17, 15) is 9.59 Å². The standard InChI is InChI=1S/C28H32N4O5/c1-28(2,3)37-27(34)32-18-11-19(12-18)36-25-13-21-22(14-24(25)35-4)29-15-30-26(21)31-17-8-9-20-16(10-17)6-5-7-23(20)33/h8-10,13-15,18-19H,5-7,11-12H2,1-4H3,(H,32,34)(H,29,30,31). The number of fused-ring (bicyclic) bond motifs is 2. The van der Waals surface area contributed by atoms with E-state index in [0.29, 0.717) is 42.1 Å². The minimum absolute atomic E-state index is 0.00255. The molecule has 194 valence electrons. The van der Waals surface area contributed by atoms with Crippen LogP contribution in [0.25, 0.3) is 10.9 Å². The van der Waals surface area contributed by atoms with Gasteiger partial charge in [0.25, 0.3) is 0 Å². The van der Waals surface area contributed by atoms with E-state index in [0.717, 1.165) is 35.0 Å². The van der Waals surface area contributed by atoms with Gasteiger partial charge < -0.3 is 24.8 Å². The number of Topliss-reactive ketones (excluding diaryl/α,β-unsaturated/α-hetero) is 1. The first kappa shape index (κ1) is 24.8. The van der Waals surface area contributed by atoms with Crippen LogP contribution >= 0.6 is 0 Å². The minimum atomic E-state index is -0.535. The average Bonchev–Trinajstić information content (AvgIpc) is 2.81. The molecule has 1 saturated carbocycles. The van der Waals surface area contributed by atoms with Crippen LogP contribution in [0.4, 0.5) is 16.3 Å². The van der Waals surface area contributed by atoms with E-state index in [1.807, 2.05) is 51.1 Å². The van der Waals surface area contributed by atoms with Gasteiger partial charge in [-0.15, -0.1) is 0 Å². The maximum atomic E-state index is 12.2. The molecule has 2 N–H and O–H groups in total. The molecule has 0 unspecified atom stereocenters. The first-order valence-corrected chi connectivity index (χ1v) is 12.6. The summed E-state index contributed by atoms with van der Waals surface area (Å²) in [4.78, 5) is 33.1. The molecule has 0 spiro atoms. The molecule has 0 saturated heterocycles. The maximum Gasteiger partial charge on any atom is 0.407 e. The van der Waals surface area contributed by atoms with E-state index < -0.39 is 11.7 Å². The van der Waals surface area contributed by atoms with E-state index in [-0.39, 0.29) is 17.9 Å². The Kier molecular flexibility index (Phi) is 6.62. The van der Waals surface area contributed by atoms with Crippen molar-refractivity contribution in [3.8, 4) is 11.5 Å². The van der Waals surface area contributed by atoms with Crippen molar-refractivity contribution in [1.82, 2.24) is 15.3 Å². The van der Waals surface area contributed by atoms with E-state index in [1.54, 1.807) is 7.11 Å². The van der Waals surface area contributed by atoms with Crippen LogP contribution in [0.2, 0.25) is 0 Å². The van der Waals surface area contributed by atoms with Crippen molar-refractivity contribution in [2.75, 3.05) is 12.4 Å². The normalized spacial score (nSPS) is 19.0. The third kappa shape index (κ3) is 5.60. The number of rotatable bonds is 6. The Hall–Kier alpha value is -3.88. The van der Waals surface area contributed by atoms with Crippen LogP contribution in [-0.4, -0.2) is 46.7 Å². The second kappa shape index (κ2) is 9.88. The molecule has 9 nitrogen and oxygen atoms in total. The highest BCUT2D eigenvalue weighted by molar-refractivity contribution is 5.99. The number of carbonyl (C=O) groups is 2. The van der Waals surface area contributed by atoms with Crippen LogP contribution in [0.5, 0.6) is 11.5 Å². The summed E-state index contributed by atoms with van der Waals surface area (Å²) < 4.78 is 17.2. The number of aromatic nitrogens is 2. The first-order chi connectivity index (χ1) is 17.7.